The van der Waals surface area contributed by atoms with E-state index in [9.17, 15) is 19.5 Å². The number of nitrogens with two attached hydrogens (primary N) is 1. The van der Waals surface area contributed by atoms with Gasteiger partial charge in [-0.05, 0) is 45.5 Å². The van der Waals surface area contributed by atoms with Crippen molar-refractivity contribution in [2.24, 2.45) is 5.73 Å². The molecule has 0 radical (unpaired) electrons. The van der Waals surface area contributed by atoms with Gasteiger partial charge in [-0.25, -0.2) is 9.78 Å². The third-order valence-corrected chi connectivity index (χ3v) is 7.20. The number of imidazole rings is 1. The van der Waals surface area contributed by atoms with Gasteiger partial charge in [-0.2, -0.15) is 5.10 Å². The number of nitrogens with one attached hydrogen (secondary N) is 2. The van der Waals surface area contributed by atoms with E-state index in [1.165, 1.54) is 7.11 Å². The number of hydrogen-bond donors (Lipinski definition) is 4. The SMILES string of the molecule is CCn1nc(C)cc1C(Nc1nc2cc(C(N)=O)cc(OC)c2n1CCCNC(=O)OC1CC(C(=O)O)N(C)C1)OC. The minimum Gasteiger partial charge on any atom is -0.494 e. The molecule has 0 aliphatic carbocycles. The summed E-state index contributed by atoms with van der Waals surface area (Å²) in [6, 6.07) is 4.42. The summed E-state index contributed by atoms with van der Waals surface area (Å²) >= 11 is 0. The molecule has 0 saturated carbocycles. The average molecular weight is 587 g/mol. The number of aromatic nitrogens is 4. The Morgan fingerprint density at radius 1 is 1.24 bits per heavy atom. The molecule has 1 fully saturated rings. The van der Waals surface area contributed by atoms with Crippen molar-refractivity contribution in [3.8, 4) is 5.75 Å². The van der Waals surface area contributed by atoms with Crippen molar-refractivity contribution >= 4 is 35.0 Å². The Labute approximate surface area is 242 Å². The molecule has 2 aromatic heterocycles. The fourth-order valence-electron chi connectivity index (χ4n) is 5.20. The van der Waals surface area contributed by atoms with E-state index >= 15 is 0 Å². The van der Waals surface area contributed by atoms with E-state index in [4.69, 9.17) is 24.9 Å². The standard InChI is InChI=1S/C27H38N8O7/c1-6-35-19(10-15(2)32-35)24(41-5)31-26-30-18-11-16(23(28)36)12-21(40-4)22(18)34(26)9-7-8-29-27(39)42-17-13-20(25(37)38)33(3)14-17/h10-12,17,20,24H,6-9,13-14H2,1-5H3,(H2,28,36)(H,29,39)(H,30,31)(H,37,38). The first-order valence-corrected chi connectivity index (χ1v) is 13.7. The summed E-state index contributed by atoms with van der Waals surface area (Å²) in [6.45, 7) is 5.57. The lowest BCUT2D eigenvalue weighted by Gasteiger charge is -2.20. The number of carboxylic acids is 1. The summed E-state index contributed by atoms with van der Waals surface area (Å²) in [5, 5.41) is 19.9. The van der Waals surface area contributed by atoms with Crippen LogP contribution in [0.2, 0.25) is 0 Å². The van der Waals surface area contributed by atoms with Crippen molar-refractivity contribution < 1.29 is 33.7 Å². The van der Waals surface area contributed by atoms with Crippen LogP contribution in [0, 0.1) is 6.92 Å². The first kappa shape index (κ1) is 30.6. The number of likely N-dealkylation sites (tertiary alicyclic amines) is 1. The molecule has 3 unspecified atom stereocenters. The Hall–Kier alpha value is -4.37. The minimum atomic E-state index is -0.940. The van der Waals surface area contributed by atoms with Crippen LogP contribution in [0.25, 0.3) is 11.0 Å². The van der Waals surface area contributed by atoms with Gasteiger partial charge in [0, 0.05) is 45.3 Å². The Morgan fingerprint density at radius 3 is 2.62 bits per heavy atom. The second kappa shape index (κ2) is 13.1. The smallest absolute Gasteiger partial charge is 0.407 e. The Morgan fingerprint density at radius 2 is 2.00 bits per heavy atom. The van der Waals surface area contributed by atoms with Crippen molar-refractivity contribution in [3.05, 3.63) is 35.2 Å². The molecular formula is C27H38N8O7. The van der Waals surface area contributed by atoms with Gasteiger partial charge in [-0.15, -0.1) is 0 Å². The third-order valence-electron chi connectivity index (χ3n) is 7.20. The molecule has 42 heavy (non-hydrogen) atoms. The molecule has 1 aromatic carbocycles. The van der Waals surface area contributed by atoms with Crippen LogP contribution in [0.5, 0.6) is 5.75 Å². The van der Waals surface area contributed by atoms with Crippen molar-refractivity contribution in [3.63, 3.8) is 0 Å². The quantitative estimate of drug-likeness (QED) is 0.169. The Balaban J connectivity index is 1.53. The molecule has 1 saturated heterocycles. The Kier molecular flexibility index (Phi) is 9.52. The molecule has 3 heterocycles. The lowest BCUT2D eigenvalue weighted by Crippen LogP contribution is -2.32. The zero-order valence-electron chi connectivity index (χ0n) is 24.4. The number of amides is 2. The van der Waals surface area contributed by atoms with Gasteiger partial charge in [0.2, 0.25) is 11.9 Å². The van der Waals surface area contributed by atoms with E-state index in [0.717, 1.165) is 11.4 Å². The molecule has 1 aliphatic heterocycles. The van der Waals surface area contributed by atoms with Gasteiger partial charge in [-0.1, -0.05) is 0 Å². The predicted molar refractivity (Wildman–Crippen MR) is 152 cm³/mol. The van der Waals surface area contributed by atoms with Crippen LogP contribution >= 0.6 is 0 Å². The molecule has 1 aliphatic rings. The molecule has 5 N–H and O–H groups in total. The number of likely N-dealkylation sites (N-methyl/N-ethyl adjacent to an activating group) is 1. The van der Waals surface area contributed by atoms with Crippen LogP contribution in [0.1, 0.15) is 47.7 Å². The number of hydrogen-bond acceptors (Lipinski definition) is 10. The van der Waals surface area contributed by atoms with E-state index < -0.39 is 36.3 Å². The van der Waals surface area contributed by atoms with Gasteiger partial charge in [0.15, 0.2) is 6.23 Å². The van der Waals surface area contributed by atoms with Crippen molar-refractivity contribution in [2.75, 3.05) is 39.7 Å². The molecule has 15 nitrogen and oxygen atoms in total. The fourth-order valence-corrected chi connectivity index (χ4v) is 5.20. The lowest BCUT2D eigenvalue weighted by atomic mass is 10.1. The number of anilines is 1. The molecule has 228 valence electrons. The third kappa shape index (κ3) is 6.57. The molecule has 0 spiro atoms. The van der Waals surface area contributed by atoms with E-state index in [-0.39, 0.29) is 18.5 Å². The molecule has 0 bridgehead atoms. The molecule has 15 heteroatoms. The number of primary amides is 1. The number of carbonyl (C=O) groups excluding carboxylic acids is 2. The highest BCUT2D eigenvalue weighted by molar-refractivity contribution is 5.98. The normalized spacial score (nSPS) is 17.7. The maximum atomic E-state index is 12.4. The number of ether oxygens (including phenoxy) is 3. The highest BCUT2D eigenvalue weighted by Crippen LogP contribution is 2.32. The summed E-state index contributed by atoms with van der Waals surface area (Å²) in [7, 11) is 4.76. The zero-order chi connectivity index (χ0) is 30.6. The van der Waals surface area contributed by atoms with Crippen molar-refractivity contribution in [1.82, 2.24) is 29.5 Å². The van der Waals surface area contributed by atoms with Gasteiger partial charge in [0.25, 0.3) is 0 Å². The number of alkyl carbamates (subject to hydrolysis) is 1. The van der Waals surface area contributed by atoms with Gasteiger partial charge in [0.1, 0.15) is 23.4 Å². The van der Waals surface area contributed by atoms with Gasteiger partial charge >= 0.3 is 12.1 Å². The zero-order valence-corrected chi connectivity index (χ0v) is 24.4. The molecular weight excluding hydrogens is 548 g/mol. The van der Waals surface area contributed by atoms with E-state index in [1.54, 1.807) is 31.2 Å². The summed E-state index contributed by atoms with van der Waals surface area (Å²) < 4.78 is 20.5. The fraction of sp³-hybridized carbons (Fsp3) is 0.519. The number of carboxylic acid groups (broad SMARTS) is 1. The van der Waals surface area contributed by atoms with E-state index in [0.29, 0.717) is 48.8 Å². The monoisotopic (exact) mass is 586 g/mol. The largest absolute Gasteiger partial charge is 0.494 e. The number of rotatable bonds is 13. The lowest BCUT2D eigenvalue weighted by molar-refractivity contribution is -0.141. The highest BCUT2D eigenvalue weighted by atomic mass is 16.6. The van der Waals surface area contributed by atoms with E-state index in [2.05, 4.69) is 15.7 Å². The highest BCUT2D eigenvalue weighted by Gasteiger charge is 2.36. The van der Waals surface area contributed by atoms with Gasteiger partial charge in [0.05, 0.1) is 24.0 Å². The first-order valence-electron chi connectivity index (χ1n) is 13.7. The summed E-state index contributed by atoms with van der Waals surface area (Å²) in [5.74, 6) is -0.683. The van der Waals surface area contributed by atoms with Gasteiger partial charge < -0.3 is 40.3 Å². The number of fused-ring (bicyclic) bond motifs is 1. The second-order valence-corrected chi connectivity index (χ2v) is 10.1. The topological polar surface area (TPSA) is 188 Å². The molecule has 4 rings (SSSR count). The summed E-state index contributed by atoms with van der Waals surface area (Å²) in [4.78, 5) is 42.1. The maximum absolute atomic E-state index is 12.4. The number of aryl methyl sites for hydroxylation is 3. The number of nitrogens with zero attached hydrogens (tertiary/aromatic N) is 5. The molecule has 3 atom stereocenters. The Bertz CT molecular complexity index is 1450. The number of aliphatic carboxylic acids is 1. The minimum absolute atomic E-state index is 0.236. The van der Waals surface area contributed by atoms with Crippen LogP contribution < -0.4 is 21.1 Å². The predicted octanol–water partition coefficient (Wildman–Crippen LogP) is 1.70. The van der Waals surface area contributed by atoms with E-state index in [1.807, 2.05) is 29.2 Å². The van der Waals surface area contributed by atoms with Crippen LogP contribution in [0.4, 0.5) is 10.7 Å². The van der Waals surface area contributed by atoms with Crippen LogP contribution in [0.15, 0.2) is 18.2 Å². The maximum Gasteiger partial charge on any atom is 0.407 e. The number of carbonyl (C=O) groups is 3. The van der Waals surface area contributed by atoms with Crippen LogP contribution in [-0.4, -0.2) is 93.8 Å². The molecule has 2 amide bonds. The van der Waals surface area contributed by atoms with Gasteiger partial charge in [-0.3, -0.25) is 19.2 Å². The summed E-state index contributed by atoms with van der Waals surface area (Å²) in [5.41, 5.74) is 8.58. The summed E-state index contributed by atoms with van der Waals surface area (Å²) in [6.07, 6.45) is -0.976. The van der Waals surface area contributed by atoms with Crippen LogP contribution in [-0.2, 0) is 27.4 Å². The second-order valence-electron chi connectivity index (χ2n) is 10.1. The van der Waals surface area contributed by atoms with Crippen molar-refractivity contribution in [1.29, 1.82) is 0 Å². The van der Waals surface area contributed by atoms with Crippen LogP contribution in [0.3, 0.4) is 0 Å². The number of benzene rings is 1. The molecule has 3 aromatic rings. The van der Waals surface area contributed by atoms with Crippen molar-refractivity contribution in [2.45, 2.75) is 58.2 Å². The number of methoxy groups -OCH3 is 2. The average Bonchev–Trinajstić information content (AvgIpc) is 3.62. The first-order chi connectivity index (χ1) is 20.1.